The molecule has 31 heavy (non-hydrogen) atoms. The van der Waals surface area contributed by atoms with Crippen LogP contribution in [0.4, 0.5) is 0 Å². The molecule has 0 aromatic heterocycles. The summed E-state index contributed by atoms with van der Waals surface area (Å²) in [4.78, 5) is 15.1. The zero-order chi connectivity index (χ0) is 22.3. The van der Waals surface area contributed by atoms with Crippen molar-refractivity contribution in [1.82, 2.24) is 9.21 Å². The summed E-state index contributed by atoms with van der Waals surface area (Å²) in [5.74, 6) is -0.210. The van der Waals surface area contributed by atoms with Crippen LogP contribution in [-0.4, -0.2) is 56.9 Å². The van der Waals surface area contributed by atoms with Gasteiger partial charge in [0.1, 0.15) is 0 Å². The van der Waals surface area contributed by atoms with Crippen molar-refractivity contribution in [3.8, 4) is 0 Å². The molecular formula is C24H32N2O4S. The number of methoxy groups -OCH3 is 1. The first-order chi connectivity index (χ1) is 14.9. The van der Waals surface area contributed by atoms with E-state index in [9.17, 15) is 13.2 Å². The van der Waals surface area contributed by atoms with E-state index in [2.05, 4.69) is 0 Å². The summed E-state index contributed by atoms with van der Waals surface area (Å²) in [6.45, 7) is 1.26. The van der Waals surface area contributed by atoms with E-state index in [0.29, 0.717) is 25.3 Å². The van der Waals surface area contributed by atoms with Gasteiger partial charge < -0.3 is 9.64 Å². The van der Waals surface area contributed by atoms with Crippen molar-refractivity contribution in [2.75, 3.05) is 27.3 Å². The van der Waals surface area contributed by atoms with Gasteiger partial charge in [0, 0.05) is 38.9 Å². The summed E-state index contributed by atoms with van der Waals surface area (Å²) in [5, 5.41) is 0. The molecule has 2 aromatic rings. The predicted octanol–water partition coefficient (Wildman–Crippen LogP) is 3.93. The van der Waals surface area contributed by atoms with Gasteiger partial charge in [-0.25, -0.2) is 8.42 Å². The van der Waals surface area contributed by atoms with Gasteiger partial charge in [0.05, 0.1) is 11.5 Å². The van der Waals surface area contributed by atoms with Gasteiger partial charge in [-0.05, 0) is 36.6 Å². The third kappa shape index (κ3) is 5.93. The number of ether oxygens (including phenoxy) is 1. The van der Waals surface area contributed by atoms with Crippen molar-refractivity contribution in [2.24, 2.45) is 0 Å². The lowest BCUT2D eigenvalue weighted by Gasteiger charge is -2.30. The fraction of sp³-hybridized carbons (Fsp3) is 0.458. The van der Waals surface area contributed by atoms with Gasteiger partial charge in [0.15, 0.2) is 0 Å². The second kappa shape index (κ2) is 10.9. The number of rotatable bonds is 9. The second-order valence-corrected chi connectivity index (χ2v) is 10.0. The second-order valence-electron chi connectivity index (χ2n) is 8.05. The Morgan fingerprint density at radius 1 is 1.03 bits per heavy atom. The molecule has 3 rings (SSSR count). The van der Waals surface area contributed by atoms with Crippen LogP contribution in [0.1, 0.15) is 48.0 Å². The molecular weight excluding hydrogens is 412 g/mol. The lowest BCUT2D eigenvalue weighted by Crippen LogP contribution is -2.38. The van der Waals surface area contributed by atoms with Crippen LogP contribution in [0.2, 0.25) is 0 Å². The first-order valence-electron chi connectivity index (χ1n) is 10.8. The molecule has 0 bridgehead atoms. The smallest absolute Gasteiger partial charge is 0.254 e. The van der Waals surface area contributed by atoms with Crippen LogP contribution in [0.3, 0.4) is 0 Å². The van der Waals surface area contributed by atoms with Crippen LogP contribution in [-0.2, 0) is 21.3 Å². The molecule has 0 radical (unpaired) electrons. The summed E-state index contributed by atoms with van der Waals surface area (Å²) in [7, 11) is -0.409. The first-order valence-corrected chi connectivity index (χ1v) is 12.3. The van der Waals surface area contributed by atoms with Crippen molar-refractivity contribution in [2.45, 2.75) is 49.6 Å². The number of nitrogens with zero attached hydrogens (tertiary/aromatic N) is 2. The van der Waals surface area contributed by atoms with Crippen molar-refractivity contribution in [3.63, 3.8) is 0 Å². The Morgan fingerprint density at radius 2 is 1.74 bits per heavy atom. The van der Waals surface area contributed by atoms with Gasteiger partial charge in [-0.2, -0.15) is 4.31 Å². The maximum Gasteiger partial charge on any atom is 0.254 e. The summed E-state index contributed by atoms with van der Waals surface area (Å²) in [6.07, 6.45) is 5.04. The van der Waals surface area contributed by atoms with E-state index in [1.807, 2.05) is 30.3 Å². The molecule has 168 valence electrons. The average molecular weight is 445 g/mol. The Balaban J connectivity index is 1.82. The minimum atomic E-state index is -3.66. The molecule has 7 heteroatoms. The van der Waals surface area contributed by atoms with E-state index in [1.165, 1.54) is 10.4 Å². The van der Waals surface area contributed by atoms with Crippen LogP contribution < -0.4 is 0 Å². The Bertz CT molecular complexity index is 957. The molecule has 1 saturated carbocycles. The molecule has 0 heterocycles. The summed E-state index contributed by atoms with van der Waals surface area (Å²) < 4.78 is 33.1. The highest BCUT2D eigenvalue weighted by Gasteiger charge is 2.29. The minimum absolute atomic E-state index is 0.0226. The molecule has 2 aromatic carbocycles. The van der Waals surface area contributed by atoms with Crippen LogP contribution in [0, 0.1) is 0 Å². The Morgan fingerprint density at radius 3 is 2.42 bits per heavy atom. The summed E-state index contributed by atoms with van der Waals surface area (Å²) >= 11 is 0. The minimum Gasteiger partial charge on any atom is -0.383 e. The number of hydrogen-bond donors (Lipinski definition) is 0. The third-order valence-corrected chi connectivity index (χ3v) is 7.82. The van der Waals surface area contributed by atoms with Crippen molar-refractivity contribution >= 4 is 15.9 Å². The first kappa shape index (κ1) is 23.4. The maximum absolute atomic E-state index is 13.3. The molecule has 6 nitrogen and oxygen atoms in total. The monoisotopic (exact) mass is 444 g/mol. The van der Waals surface area contributed by atoms with E-state index in [1.54, 1.807) is 37.3 Å². The topological polar surface area (TPSA) is 66.9 Å². The van der Waals surface area contributed by atoms with E-state index < -0.39 is 10.0 Å². The lowest BCUT2D eigenvalue weighted by atomic mass is 9.96. The van der Waals surface area contributed by atoms with Crippen molar-refractivity contribution < 1.29 is 17.9 Å². The van der Waals surface area contributed by atoms with Crippen molar-refractivity contribution in [1.29, 1.82) is 0 Å². The zero-order valence-electron chi connectivity index (χ0n) is 18.4. The van der Waals surface area contributed by atoms with E-state index in [4.69, 9.17) is 4.74 Å². The molecule has 1 fully saturated rings. The number of carbonyl (C=O) groups excluding carboxylic acids is 1. The molecule has 0 N–H and O–H groups in total. The Labute approximate surface area is 185 Å². The number of carbonyl (C=O) groups is 1. The number of amides is 1. The fourth-order valence-corrected chi connectivity index (χ4v) is 5.50. The van der Waals surface area contributed by atoms with Gasteiger partial charge in [-0.1, -0.05) is 55.7 Å². The maximum atomic E-state index is 13.3. The van der Waals surface area contributed by atoms with Gasteiger partial charge in [0.25, 0.3) is 5.91 Å². The molecule has 0 spiro atoms. The molecule has 1 aliphatic carbocycles. The predicted molar refractivity (Wildman–Crippen MR) is 121 cm³/mol. The largest absolute Gasteiger partial charge is 0.383 e. The van der Waals surface area contributed by atoms with Gasteiger partial charge in [-0.15, -0.1) is 0 Å². The highest BCUT2D eigenvalue weighted by Crippen LogP contribution is 2.27. The van der Waals surface area contributed by atoms with Crippen LogP contribution >= 0.6 is 0 Å². The molecule has 0 unspecified atom stereocenters. The zero-order valence-corrected chi connectivity index (χ0v) is 19.2. The van der Waals surface area contributed by atoms with Crippen LogP contribution in [0.25, 0.3) is 0 Å². The SMILES string of the molecule is COCCN(Cc1ccccc1)C(=O)c1cccc(S(=O)(=O)N(C)C2CCCCC2)c1. The van der Waals surface area contributed by atoms with Gasteiger partial charge in [0.2, 0.25) is 10.0 Å². The van der Waals surface area contributed by atoms with Crippen LogP contribution in [0.15, 0.2) is 59.5 Å². The van der Waals surface area contributed by atoms with Crippen molar-refractivity contribution in [3.05, 3.63) is 65.7 Å². The quantitative estimate of drug-likeness (QED) is 0.588. The normalized spacial score (nSPS) is 15.2. The Hall–Kier alpha value is -2.22. The van der Waals surface area contributed by atoms with Gasteiger partial charge in [-0.3, -0.25) is 4.79 Å². The molecule has 1 amide bonds. The standard InChI is InChI=1S/C24H32N2O4S/c1-25(22-13-7-4-8-14-22)31(28,29)23-15-9-12-21(18-23)24(27)26(16-17-30-2)19-20-10-5-3-6-11-20/h3,5-6,9-12,15,18,22H,4,7-8,13-14,16-17,19H2,1-2H3. The number of benzene rings is 2. The van der Waals surface area contributed by atoms with Crippen LogP contribution in [0.5, 0.6) is 0 Å². The molecule has 1 aliphatic rings. The Kier molecular flexibility index (Phi) is 8.23. The molecule has 0 atom stereocenters. The van der Waals surface area contributed by atoms with E-state index >= 15 is 0 Å². The summed E-state index contributed by atoms with van der Waals surface area (Å²) in [6, 6.07) is 16.1. The number of hydrogen-bond acceptors (Lipinski definition) is 4. The van der Waals surface area contributed by atoms with E-state index in [-0.39, 0.29) is 16.8 Å². The summed E-state index contributed by atoms with van der Waals surface area (Å²) in [5.41, 5.74) is 1.37. The third-order valence-electron chi connectivity index (χ3n) is 5.92. The highest BCUT2D eigenvalue weighted by atomic mass is 32.2. The molecule has 0 saturated heterocycles. The van der Waals surface area contributed by atoms with Gasteiger partial charge >= 0.3 is 0 Å². The highest BCUT2D eigenvalue weighted by molar-refractivity contribution is 7.89. The fourth-order valence-electron chi connectivity index (χ4n) is 4.04. The van der Waals surface area contributed by atoms with E-state index in [0.717, 1.165) is 37.7 Å². The average Bonchev–Trinajstić information content (AvgIpc) is 2.82. The molecule has 0 aliphatic heterocycles. The number of sulfonamides is 1. The lowest BCUT2D eigenvalue weighted by molar-refractivity contribution is 0.0680.